The van der Waals surface area contributed by atoms with Crippen LogP contribution in [-0.4, -0.2) is 57.9 Å². The maximum Gasteiger partial charge on any atom is 0.410 e. The van der Waals surface area contributed by atoms with Crippen LogP contribution >= 0.6 is 11.3 Å². The highest BCUT2D eigenvalue weighted by Gasteiger charge is 2.28. The highest BCUT2D eigenvalue weighted by atomic mass is 32.1. The molecule has 0 aliphatic carbocycles. The van der Waals surface area contributed by atoms with Gasteiger partial charge in [0, 0.05) is 24.7 Å². The number of aromatic nitrogens is 2. The predicted octanol–water partition coefficient (Wildman–Crippen LogP) is 4.28. The molecule has 1 amide bonds. The van der Waals surface area contributed by atoms with Crippen LogP contribution in [0.25, 0.3) is 21.7 Å². The Hall–Kier alpha value is -2.62. The summed E-state index contributed by atoms with van der Waals surface area (Å²) >= 11 is 1.60. The van der Waals surface area contributed by atoms with E-state index in [2.05, 4.69) is 10.3 Å². The Morgan fingerprint density at radius 1 is 1.31 bits per heavy atom. The molecule has 1 aliphatic heterocycles. The van der Waals surface area contributed by atoms with Crippen molar-refractivity contribution in [2.75, 3.05) is 20.2 Å². The first-order valence-corrected chi connectivity index (χ1v) is 11.7. The molecule has 1 fully saturated rings. The summed E-state index contributed by atoms with van der Waals surface area (Å²) in [7, 11) is 1.62. The van der Waals surface area contributed by atoms with Crippen LogP contribution in [-0.2, 0) is 4.74 Å². The number of hydrogen-bond acceptors (Lipinski definition) is 7. The number of amides is 1. The van der Waals surface area contributed by atoms with Gasteiger partial charge in [0.25, 0.3) is 0 Å². The third kappa shape index (κ3) is 4.90. The number of fused-ring (bicyclic) bond motifs is 1. The minimum absolute atomic E-state index is 0.0801. The number of imidazole rings is 1. The van der Waals surface area contributed by atoms with Crippen molar-refractivity contribution >= 4 is 28.5 Å². The largest absolute Gasteiger partial charge is 0.494 e. The maximum atomic E-state index is 12.3. The Bertz CT molecular complexity index is 1070. The molecule has 172 valence electrons. The van der Waals surface area contributed by atoms with Crippen LogP contribution in [0.3, 0.4) is 0 Å². The summed E-state index contributed by atoms with van der Waals surface area (Å²) in [6, 6.07) is 7.74. The van der Waals surface area contributed by atoms with Gasteiger partial charge < -0.3 is 24.5 Å². The van der Waals surface area contributed by atoms with Crippen LogP contribution in [0.15, 0.2) is 29.6 Å². The number of H-pyrrole nitrogens is 1. The van der Waals surface area contributed by atoms with Gasteiger partial charge in [0.1, 0.15) is 28.9 Å². The number of rotatable bonds is 5. The lowest BCUT2D eigenvalue weighted by Crippen LogP contribution is -2.47. The maximum absolute atomic E-state index is 12.3. The molecule has 0 radical (unpaired) electrons. The van der Waals surface area contributed by atoms with E-state index in [1.165, 1.54) is 0 Å². The molecular weight excluding hydrogens is 428 g/mol. The van der Waals surface area contributed by atoms with Crippen molar-refractivity contribution in [3.8, 4) is 16.5 Å². The zero-order valence-electron chi connectivity index (χ0n) is 18.8. The molecule has 32 heavy (non-hydrogen) atoms. The molecular formula is C23H30N4O4S. The summed E-state index contributed by atoms with van der Waals surface area (Å²) in [5, 5.41) is 16.3. The molecule has 0 spiro atoms. The van der Waals surface area contributed by atoms with Crippen molar-refractivity contribution in [2.24, 2.45) is 0 Å². The summed E-state index contributed by atoms with van der Waals surface area (Å²) in [4.78, 5) is 23.1. The second-order valence-corrected chi connectivity index (χ2v) is 9.90. The molecule has 4 rings (SSSR count). The zero-order valence-corrected chi connectivity index (χ0v) is 19.7. The first kappa shape index (κ1) is 22.6. The smallest absolute Gasteiger partial charge is 0.410 e. The standard InChI is InChI=1S/C23H30N4O4S/c1-23(2,3)31-22(29)27-11-9-14(10-12-27)24-21(28)15-7-8-16(30-4)19-18(15)25-20(26-19)17-6-5-13-32-17/h5-8,13-14,21,24,28H,9-12H2,1-4H3,(H,25,26). The van der Waals surface area contributed by atoms with Gasteiger partial charge in [-0.15, -0.1) is 11.3 Å². The van der Waals surface area contributed by atoms with E-state index < -0.39 is 11.8 Å². The summed E-state index contributed by atoms with van der Waals surface area (Å²) < 4.78 is 11.0. The molecule has 1 atom stereocenters. The van der Waals surface area contributed by atoms with Gasteiger partial charge in [-0.05, 0) is 57.2 Å². The minimum atomic E-state index is -0.888. The third-order valence-electron chi connectivity index (χ3n) is 5.45. The molecule has 1 saturated heterocycles. The van der Waals surface area contributed by atoms with E-state index in [9.17, 15) is 9.90 Å². The number of carbonyl (C=O) groups excluding carboxylic acids is 1. The van der Waals surface area contributed by atoms with Gasteiger partial charge in [0.2, 0.25) is 0 Å². The van der Waals surface area contributed by atoms with Gasteiger partial charge in [0.15, 0.2) is 0 Å². The lowest BCUT2D eigenvalue weighted by atomic mass is 10.0. The average molecular weight is 459 g/mol. The van der Waals surface area contributed by atoms with E-state index in [4.69, 9.17) is 14.5 Å². The van der Waals surface area contributed by atoms with Crippen LogP contribution < -0.4 is 10.1 Å². The Balaban J connectivity index is 1.46. The SMILES string of the molecule is COc1ccc(C(O)NC2CCN(C(=O)OC(C)(C)C)CC2)c2nc(-c3cccs3)[nH]c12. The quantitative estimate of drug-likeness (QED) is 0.494. The first-order valence-electron chi connectivity index (χ1n) is 10.8. The Morgan fingerprint density at radius 3 is 2.69 bits per heavy atom. The number of nitrogens with zero attached hydrogens (tertiary/aromatic N) is 2. The number of piperidine rings is 1. The Labute approximate surface area is 191 Å². The summed E-state index contributed by atoms with van der Waals surface area (Å²) in [5.41, 5.74) is 1.62. The topological polar surface area (TPSA) is 99.7 Å². The average Bonchev–Trinajstić information content (AvgIpc) is 3.42. The molecule has 8 nitrogen and oxygen atoms in total. The highest BCUT2D eigenvalue weighted by molar-refractivity contribution is 7.13. The van der Waals surface area contributed by atoms with E-state index in [0.717, 1.165) is 29.1 Å². The molecule has 3 N–H and O–H groups in total. The first-order chi connectivity index (χ1) is 15.2. The summed E-state index contributed by atoms with van der Waals surface area (Å²) in [6.07, 6.45) is 0.291. The van der Waals surface area contributed by atoms with Gasteiger partial charge in [0.05, 0.1) is 17.5 Å². The molecule has 1 aliphatic rings. The number of carbonyl (C=O) groups is 1. The summed E-state index contributed by atoms with van der Waals surface area (Å²) in [6.45, 7) is 6.77. The monoisotopic (exact) mass is 458 g/mol. The van der Waals surface area contributed by atoms with Crippen LogP contribution in [0.5, 0.6) is 5.75 Å². The van der Waals surface area contributed by atoms with Crippen molar-refractivity contribution in [3.63, 3.8) is 0 Å². The number of benzene rings is 1. The highest BCUT2D eigenvalue weighted by Crippen LogP contribution is 2.33. The zero-order chi connectivity index (χ0) is 22.9. The minimum Gasteiger partial charge on any atom is -0.494 e. The van der Waals surface area contributed by atoms with Crippen LogP contribution in [0.1, 0.15) is 45.4 Å². The number of aliphatic hydroxyl groups excluding tert-OH is 1. The second kappa shape index (κ2) is 9.09. The lowest BCUT2D eigenvalue weighted by molar-refractivity contribution is 0.0176. The number of thiophene rings is 1. The van der Waals surface area contributed by atoms with Crippen LogP contribution in [0.4, 0.5) is 4.79 Å². The van der Waals surface area contributed by atoms with Crippen molar-refractivity contribution in [1.82, 2.24) is 20.2 Å². The van der Waals surface area contributed by atoms with Gasteiger partial charge in [-0.2, -0.15) is 0 Å². The number of aliphatic hydroxyl groups is 1. The van der Waals surface area contributed by atoms with Gasteiger partial charge in [-0.1, -0.05) is 6.07 Å². The normalized spacial score (nSPS) is 16.3. The third-order valence-corrected chi connectivity index (χ3v) is 6.32. The molecule has 3 aromatic rings. The van der Waals surface area contributed by atoms with Crippen molar-refractivity contribution < 1.29 is 19.4 Å². The molecule has 3 heterocycles. The number of likely N-dealkylation sites (tertiary alicyclic amines) is 1. The van der Waals surface area contributed by atoms with E-state index in [1.54, 1.807) is 23.3 Å². The number of nitrogens with one attached hydrogen (secondary N) is 2. The Kier molecular flexibility index (Phi) is 6.41. The Morgan fingerprint density at radius 2 is 2.06 bits per heavy atom. The van der Waals surface area contributed by atoms with Crippen molar-refractivity contribution in [1.29, 1.82) is 0 Å². The van der Waals surface area contributed by atoms with E-state index in [1.807, 2.05) is 50.4 Å². The molecule has 0 bridgehead atoms. The van der Waals surface area contributed by atoms with Crippen molar-refractivity contribution in [2.45, 2.75) is 51.5 Å². The number of aromatic amines is 1. The van der Waals surface area contributed by atoms with Gasteiger partial charge in [-0.3, -0.25) is 5.32 Å². The second-order valence-electron chi connectivity index (χ2n) is 8.95. The fourth-order valence-electron chi connectivity index (χ4n) is 3.88. The number of hydrogen-bond donors (Lipinski definition) is 3. The van der Waals surface area contributed by atoms with E-state index >= 15 is 0 Å². The van der Waals surface area contributed by atoms with Gasteiger partial charge in [-0.25, -0.2) is 9.78 Å². The van der Waals surface area contributed by atoms with Gasteiger partial charge >= 0.3 is 6.09 Å². The number of methoxy groups -OCH3 is 1. The number of ether oxygens (including phenoxy) is 2. The molecule has 1 unspecified atom stereocenters. The summed E-state index contributed by atoms with van der Waals surface area (Å²) in [5.74, 6) is 1.43. The lowest BCUT2D eigenvalue weighted by Gasteiger charge is -2.34. The molecule has 2 aromatic heterocycles. The molecule has 1 aromatic carbocycles. The molecule has 0 saturated carbocycles. The van der Waals surface area contributed by atoms with Crippen LogP contribution in [0.2, 0.25) is 0 Å². The fourth-order valence-corrected chi connectivity index (χ4v) is 4.55. The van der Waals surface area contributed by atoms with E-state index in [0.29, 0.717) is 29.9 Å². The predicted molar refractivity (Wildman–Crippen MR) is 125 cm³/mol. The fraction of sp³-hybridized carbons (Fsp3) is 0.478. The van der Waals surface area contributed by atoms with Crippen molar-refractivity contribution in [3.05, 3.63) is 35.2 Å². The van der Waals surface area contributed by atoms with Crippen LogP contribution in [0, 0.1) is 0 Å². The van der Waals surface area contributed by atoms with E-state index in [-0.39, 0.29) is 12.1 Å². The molecule has 9 heteroatoms.